The molecule has 8 heteroatoms. The van der Waals surface area contributed by atoms with Crippen LogP contribution in [0.3, 0.4) is 0 Å². The molecule has 0 saturated heterocycles. The molecule has 0 atom stereocenters. The molecule has 0 fully saturated rings. The largest absolute Gasteiger partial charge is 0.456 e. The molecule has 12 aromatic rings. The van der Waals surface area contributed by atoms with Gasteiger partial charge in [-0.3, -0.25) is 0 Å². The Hall–Kier alpha value is -8.20. The Bertz CT molecular complexity index is 3570. The van der Waals surface area contributed by atoms with E-state index in [4.69, 9.17) is 34.3 Å². The Kier molecular flexibility index (Phi) is 8.53. The minimum Gasteiger partial charge on any atom is -0.456 e. The predicted octanol–water partition coefficient (Wildman–Crippen LogP) is 14.0. The summed E-state index contributed by atoms with van der Waals surface area (Å²) in [5.41, 5.74) is 9.42. The highest BCUT2D eigenvalue weighted by Gasteiger charge is 2.19. The van der Waals surface area contributed by atoms with Gasteiger partial charge in [0.2, 0.25) is 0 Å². The number of rotatable bonds is 7. The quantitative estimate of drug-likeness (QED) is 0.158. The number of thiophene rings is 1. The molecule has 0 aliphatic heterocycles. The SMILES string of the molecule is c1ccc(-c2nc(-c3ccccc3)nc(-c3cccc4c3sc3cc(-c5ccc(-c6nc(-c7ccccc7)nc(-c7cccc8oc9ccccc9c78)n6)cc5)ccc34)n2)cc1. The Morgan fingerprint density at radius 1 is 0.306 bits per heavy atom. The van der Waals surface area contributed by atoms with Crippen LogP contribution in [0.25, 0.3) is 122 Å². The molecule has 7 nitrogen and oxygen atoms in total. The number of aromatic nitrogens is 6. The van der Waals surface area contributed by atoms with E-state index in [0.29, 0.717) is 34.9 Å². The van der Waals surface area contributed by atoms with Crippen LogP contribution in [-0.4, -0.2) is 29.9 Å². The Morgan fingerprint density at radius 3 is 1.39 bits per heavy atom. The van der Waals surface area contributed by atoms with Crippen LogP contribution in [0.5, 0.6) is 0 Å². The molecule has 0 aliphatic carbocycles. The molecule has 4 aromatic heterocycles. The summed E-state index contributed by atoms with van der Waals surface area (Å²) in [6.07, 6.45) is 0. The van der Waals surface area contributed by atoms with E-state index in [9.17, 15) is 0 Å². The lowest BCUT2D eigenvalue weighted by molar-refractivity contribution is 0.669. The van der Waals surface area contributed by atoms with E-state index in [-0.39, 0.29) is 0 Å². The zero-order valence-electron chi connectivity index (χ0n) is 33.0. The van der Waals surface area contributed by atoms with E-state index < -0.39 is 0 Å². The second-order valence-electron chi connectivity index (χ2n) is 15.1. The van der Waals surface area contributed by atoms with Crippen LogP contribution >= 0.6 is 11.3 Å². The predicted molar refractivity (Wildman–Crippen MR) is 251 cm³/mol. The number of benzene rings is 8. The van der Waals surface area contributed by atoms with Gasteiger partial charge in [-0.15, -0.1) is 11.3 Å². The summed E-state index contributed by atoms with van der Waals surface area (Å²) in [6.45, 7) is 0. The lowest BCUT2D eigenvalue weighted by atomic mass is 10.0. The van der Waals surface area contributed by atoms with Gasteiger partial charge in [0, 0.05) is 64.3 Å². The number of hydrogen-bond donors (Lipinski definition) is 0. The first-order valence-corrected chi connectivity index (χ1v) is 21.2. The zero-order chi connectivity index (χ0) is 41.0. The Morgan fingerprint density at radius 2 is 0.758 bits per heavy atom. The molecule has 12 rings (SSSR count). The van der Waals surface area contributed by atoms with Crippen molar-refractivity contribution in [2.75, 3.05) is 0 Å². The molecule has 290 valence electrons. The molecule has 62 heavy (non-hydrogen) atoms. The average Bonchev–Trinajstić information content (AvgIpc) is 3.93. The highest BCUT2D eigenvalue weighted by molar-refractivity contribution is 7.26. The summed E-state index contributed by atoms with van der Waals surface area (Å²) in [7, 11) is 0. The van der Waals surface area contributed by atoms with Gasteiger partial charge in [-0.1, -0.05) is 170 Å². The molecule has 0 aliphatic rings. The van der Waals surface area contributed by atoms with Crippen LogP contribution < -0.4 is 0 Å². The van der Waals surface area contributed by atoms with Crippen molar-refractivity contribution in [3.05, 3.63) is 194 Å². The first-order valence-electron chi connectivity index (χ1n) is 20.4. The summed E-state index contributed by atoms with van der Waals surface area (Å²) >= 11 is 1.76. The third-order valence-electron chi connectivity index (χ3n) is 11.2. The van der Waals surface area contributed by atoms with Crippen molar-refractivity contribution in [3.63, 3.8) is 0 Å². The minimum atomic E-state index is 0.592. The fourth-order valence-corrected chi connectivity index (χ4v) is 9.45. The second kappa shape index (κ2) is 14.8. The number of para-hydroxylation sites is 1. The van der Waals surface area contributed by atoms with Crippen LogP contribution in [0.2, 0.25) is 0 Å². The van der Waals surface area contributed by atoms with Crippen LogP contribution in [0, 0.1) is 0 Å². The lowest BCUT2D eigenvalue weighted by Crippen LogP contribution is -2.00. The molecule has 0 amide bonds. The number of fused-ring (bicyclic) bond motifs is 6. The van der Waals surface area contributed by atoms with Gasteiger partial charge in [0.25, 0.3) is 0 Å². The van der Waals surface area contributed by atoms with E-state index in [2.05, 4.69) is 72.8 Å². The molecule has 0 N–H and O–H groups in total. The fourth-order valence-electron chi connectivity index (χ4n) is 8.20. The van der Waals surface area contributed by atoms with Crippen molar-refractivity contribution in [1.82, 2.24) is 29.9 Å². The second-order valence-corrected chi connectivity index (χ2v) is 16.1. The van der Waals surface area contributed by atoms with Gasteiger partial charge < -0.3 is 4.42 Å². The molecule has 0 saturated carbocycles. The van der Waals surface area contributed by atoms with Crippen molar-refractivity contribution >= 4 is 53.4 Å². The molecular weight excluding hydrogens is 781 g/mol. The van der Waals surface area contributed by atoms with Crippen LogP contribution in [0.15, 0.2) is 199 Å². The zero-order valence-corrected chi connectivity index (χ0v) is 33.8. The molecule has 8 aromatic carbocycles. The Labute approximate surface area is 359 Å². The normalized spacial score (nSPS) is 11.5. The average molecular weight is 813 g/mol. The summed E-state index contributed by atoms with van der Waals surface area (Å²) < 4.78 is 8.55. The van der Waals surface area contributed by atoms with E-state index in [1.165, 1.54) is 15.5 Å². The standard InChI is InChI=1S/C54H32N6OS/c1-4-14-34(15-5-1)49-56-52(58-53(57-49)42-22-13-25-45-47(42)41-20-10-11-24-44(41)61-45)37-28-26-33(27-29-37)38-30-31-39-40-21-12-23-43(48(40)62-46(39)32-38)54-59-50(35-16-6-2-7-17-35)55-51(60-54)36-18-8-3-9-19-36/h1-32H. The van der Waals surface area contributed by atoms with Crippen molar-refractivity contribution in [2.24, 2.45) is 0 Å². The summed E-state index contributed by atoms with van der Waals surface area (Å²) in [6, 6.07) is 66.0. The molecule has 4 heterocycles. The molecular formula is C54H32N6OS. The van der Waals surface area contributed by atoms with Crippen molar-refractivity contribution in [1.29, 1.82) is 0 Å². The van der Waals surface area contributed by atoms with Gasteiger partial charge in [-0.25, -0.2) is 29.9 Å². The van der Waals surface area contributed by atoms with Crippen LogP contribution in [0.4, 0.5) is 0 Å². The monoisotopic (exact) mass is 812 g/mol. The topological polar surface area (TPSA) is 90.5 Å². The van der Waals surface area contributed by atoms with Crippen LogP contribution in [0.1, 0.15) is 0 Å². The fraction of sp³-hybridized carbons (Fsp3) is 0. The van der Waals surface area contributed by atoms with Gasteiger partial charge in [0.1, 0.15) is 11.2 Å². The van der Waals surface area contributed by atoms with Crippen molar-refractivity contribution < 1.29 is 4.42 Å². The first kappa shape index (κ1) is 35.7. The Balaban J connectivity index is 0.930. The van der Waals surface area contributed by atoms with E-state index in [1.807, 2.05) is 121 Å². The third-order valence-corrected chi connectivity index (χ3v) is 12.4. The summed E-state index contributed by atoms with van der Waals surface area (Å²) in [5.74, 6) is 3.74. The van der Waals surface area contributed by atoms with Gasteiger partial charge in [0.15, 0.2) is 34.9 Å². The van der Waals surface area contributed by atoms with E-state index in [1.54, 1.807) is 11.3 Å². The summed E-state index contributed by atoms with van der Waals surface area (Å²) in [5, 5.41) is 4.38. The lowest BCUT2D eigenvalue weighted by Gasteiger charge is -2.10. The highest BCUT2D eigenvalue weighted by atomic mass is 32.1. The third kappa shape index (κ3) is 6.29. The maximum atomic E-state index is 6.23. The van der Waals surface area contributed by atoms with Crippen molar-refractivity contribution in [3.8, 4) is 79.5 Å². The van der Waals surface area contributed by atoms with Gasteiger partial charge >= 0.3 is 0 Å². The first-order chi connectivity index (χ1) is 30.7. The number of furan rings is 1. The summed E-state index contributed by atoms with van der Waals surface area (Å²) in [4.78, 5) is 30.2. The number of hydrogen-bond acceptors (Lipinski definition) is 8. The smallest absolute Gasteiger partial charge is 0.165 e. The maximum absolute atomic E-state index is 6.23. The van der Waals surface area contributed by atoms with Crippen LogP contribution in [-0.2, 0) is 0 Å². The van der Waals surface area contributed by atoms with Gasteiger partial charge in [0.05, 0.1) is 0 Å². The maximum Gasteiger partial charge on any atom is 0.165 e. The van der Waals surface area contributed by atoms with Crippen molar-refractivity contribution in [2.45, 2.75) is 0 Å². The minimum absolute atomic E-state index is 0.592. The van der Waals surface area contributed by atoms with E-state index >= 15 is 0 Å². The van der Waals surface area contributed by atoms with E-state index in [0.717, 1.165) is 71.1 Å². The highest BCUT2D eigenvalue weighted by Crippen LogP contribution is 2.42. The number of nitrogens with zero attached hydrogens (tertiary/aromatic N) is 6. The molecule has 0 unspecified atom stereocenters. The van der Waals surface area contributed by atoms with Gasteiger partial charge in [-0.05, 0) is 35.4 Å². The molecule has 0 spiro atoms. The molecule has 0 radical (unpaired) electrons. The molecule has 0 bridgehead atoms. The van der Waals surface area contributed by atoms with Gasteiger partial charge in [-0.2, -0.15) is 0 Å².